The molecule has 0 rings (SSSR count). The SMILES string of the molecule is CCCCN(CC)C(C)C(N)=O. The molecule has 1 amide bonds. The zero-order valence-corrected chi connectivity index (χ0v) is 8.34. The molecule has 0 aliphatic carbocycles. The number of unbranched alkanes of at least 4 members (excludes halogenated alkanes) is 1. The summed E-state index contributed by atoms with van der Waals surface area (Å²) in [7, 11) is 0. The van der Waals surface area contributed by atoms with E-state index in [1.165, 1.54) is 0 Å². The van der Waals surface area contributed by atoms with Gasteiger partial charge in [-0.05, 0) is 26.4 Å². The maximum atomic E-state index is 10.8. The maximum Gasteiger partial charge on any atom is 0.234 e. The molecule has 0 spiro atoms. The summed E-state index contributed by atoms with van der Waals surface area (Å²) in [6, 6.07) is -0.124. The van der Waals surface area contributed by atoms with Crippen molar-refractivity contribution in [3.63, 3.8) is 0 Å². The molecule has 72 valence electrons. The number of likely N-dealkylation sites (N-methyl/N-ethyl adjacent to an activating group) is 1. The number of hydrogen-bond donors (Lipinski definition) is 1. The van der Waals surface area contributed by atoms with Crippen LogP contribution < -0.4 is 5.73 Å². The summed E-state index contributed by atoms with van der Waals surface area (Å²) >= 11 is 0. The molecule has 0 aliphatic rings. The Hall–Kier alpha value is -0.570. The van der Waals surface area contributed by atoms with E-state index in [1.807, 2.05) is 6.92 Å². The highest BCUT2D eigenvalue weighted by molar-refractivity contribution is 5.79. The lowest BCUT2D eigenvalue weighted by Gasteiger charge is -2.24. The summed E-state index contributed by atoms with van der Waals surface area (Å²) in [5.74, 6) is -0.229. The summed E-state index contributed by atoms with van der Waals surface area (Å²) in [6.07, 6.45) is 2.29. The predicted octanol–water partition coefficient (Wildman–Crippen LogP) is 0.982. The van der Waals surface area contributed by atoms with Crippen LogP contribution in [0.4, 0.5) is 0 Å². The van der Waals surface area contributed by atoms with E-state index >= 15 is 0 Å². The van der Waals surface area contributed by atoms with Gasteiger partial charge in [-0.2, -0.15) is 0 Å². The van der Waals surface area contributed by atoms with Crippen LogP contribution in [-0.4, -0.2) is 29.9 Å². The van der Waals surface area contributed by atoms with Crippen molar-refractivity contribution in [1.29, 1.82) is 0 Å². The van der Waals surface area contributed by atoms with E-state index in [0.29, 0.717) is 0 Å². The van der Waals surface area contributed by atoms with E-state index in [0.717, 1.165) is 25.9 Å². The lowest BCUT2D eigenvalue weighted by molar-refractivity contribution is -0.122. The van der Waals surface area contributed by atoms with Crippen molar-refractivity contribution >= 4 is 5.91 Å². The molecule has 0 aromatic heterocycles. The van der Waals surface area contributed by atoms with Crippen LogP contribution in [0.1, 0.15) is 33.6 Å². The second-order valence-corrected chi connectivity index (χ2v) is 3.06. The minimum atomic E-state index is -0.229. The van der Waals surface area contributed by atoms with Gasteiger partial charge in [0.25, 0.3) is 0 Å². The summed E-state index contributed by atoms with van der Waals surface area (Å²) in [5.41, 5.74) is 5.20. The maximum absolute atomic E-state index is 10.8. The van der Waals surface area contributed by atoms with Gasteiger partial charge in [-0.15, -0.1) is 0 Å². The molecule has 12 heavy (non-hydrogen) atoms. The van der Waals surface area contributed by atoms with Crippen molar-refractivity contribution in [3.05, 3.63) is 0 Å². The van der Waals surface area contributed by atoms with Crippen LogP contribution in [0.3, 0.4) is 0 Å². The number of primary amides is 1. The number of nitrogens with two attached hydrogens (primary N) is 1. The van der Waals surface area contributed by atoms with Crippen LogP contribution in [-0.2, 0) is 4.79 Å². The number of nitrogens with zero attached hydrogens (tertiary/aromatic N) is 1. The highest BCUT2D eigenvalue weighted by atomic mass is 16.1. The van der Waals surface area contributed by atoms with Crippen molar-refractivity contribution in [2.45, 2.75) is 39.7 Å². The third kappa shape index (κ3) is 3.72. The Bertz CT molecular complexity index is 136. The number of carbonyl (C=O) groups excluding carboxylic acids is 1. The number of carbonyl (C=O) groups is 1. The van der Waals surface area contributed by atoms with Gasteiger partial charge in [0.05, 0.1) is 6.04 Å². The third-order valence-corrected chi connectivity index (χ3v) is 2.16. The van der Waals surface area contributed by atoms with Gasteiger partial charge in [0, 0.05) is 0 Å². The standard InChI is InChI=1S/C9H20N2O/c1-4-6-7-11(5-2)8(3)9(10)12/h8H,4-7H2,1-3H3,(H2,10,12). The largest absolute Gasteiger partial charge is 0.368 e. The van der Waals surface area contributed by atoms with Gasteiger partial charge < -0.3 is 5.73 Å². The van der Waals surface area contributed by atoms with Gasteiger partial charge in [0.15, 0.2) is 0 Å². The second-order valence-electron chi connectivity index (χ2n) is 3.06. The highest BCUT2D eigenvalue weighted by Crippen LogP contribution is 2.00. The third-order valence-electron chi connectivity index (χ3n) is 2.16. The minimum Gasteiger partial charge on any atom is -0.368 e. The smallest absolute Gasteiger partial charge is 0.234 e. The number of hydrogen-bond acceptors (Lipinski definition) is 2. The first kappa shape index (κ1) is 11.4. The second kappa shape index (κ2) is 6.00. The first-order valence-electron chi connectivity index (χ1n) is 4.66. The van der Waals surface area contributed by atoms with Crippen LogP contribution >= 0.6 is 0 Å². The zero-order chi connectivity index (χ0) is 9.56. The molecule has 0 fully saturated rings. The van der Waals surface area contributed by atoms with Crippen LogP contribution in [0.15, 0.2) is 0 Å². The van der Waals surface area contributed by atoms with E-state index < -0.39 is 0 Å². The molecule has 0 saturated carbocycles. The quantitative estimate of drug-likeness (QED) is 0.649. The molecule has 2 N–H and O–H groups in total. The fourth-order valence-electron chi connectivity index (χ4n) is 1.17. The molecule has 0 radical (unpaired) electrons. The normalized spacial score (nSPS) is 13.3. The fourth-order valence-corrected chi connectivity index (χ4v) is 1.17. The number of amides is 1. The Morgan fingerprint density at radius 3 is 2.42 bits per heavy atom. The monoisotopic (exact) mass is 172 g/mol. The molecule has 0 aromatic rings. The van der Waals surface area contributed by atoms with E-state index in [9.17, 15) is 4.79 Å². The molecule has 1 atom stereocenters. The Morgan fingerprint density at radius 2 is 2.08 bits per heavy atom. The van der Waals surface area contributed by atoms with Gasteiger partial charge in [-0.3, -0.25) is 9.69 Å². The molecule has 0 bridgehead atoms. The van der Waals surface area contributed by atoms with Gasteiger partial charge >= 0.3 is 0 Å². The average molecular weight is 172 g/mol. The van der Waals surface area contributed by atoms with Crippen molar-refractivity contribution in [2.24, 2.45) is 5.73 Å². The van der Waals surface area contributed by atoms with Crippen molar-refractivity contribution in [1.82, 2.24) is 4.90 Å². The van der Waals surface area contributed by atoms with E-state index in [4.69, 9.17) is 5.73 Å². The van der Waals surface area contributed by atoms with Gasteiger partial charge in [0.1, 0.15) is 0 Å². The molecule has 0 saturated heterocycles. The first-order valence-corrected chi connectivity index (χ1v) is 4.66. The van der Waals surface area contributed by atoms with E-state index in [-0.39, 0.29) is 11.9 Å². The van der Waals surface area contributed by atoms with E-state index in [2.05, 4.69) is 18.7 Å². The summed E-state index contributed by atoms with van der Waals surface area (Å²) in [6.45, 7) is 7.92. The van der Waals surface area contributed by atoms with Crippen LogP contribution in [0, 0.1) is 0 Å². The summed E-state index contributed by atoms with van der Waals surface area (Å²) in [5, 5.41) is 0. The fraction of sp³-hybridized carbons (Fsp3) is 0.889. The predicted molar refractivity (Wildman–Crippen MR) is 50.8 cm³/mol. The molecule has 1 unspecified atom stereocenters. The summed E-state index contributed by atoms with van der Waals surface area (Å²) < 4.78 is 0. The molecule has 3 nitrogen and oxygen atoms in total. The molecule has 0 aliphatic heterocycles. The molecular weight excluding hydrogens is 152 g/mol. The Labute approximate surface area is 74.9 Å². The van der Waals surface area contributed by atoms with Crippen molar-refractivity contribution in [3.8, 4) is 0 Å². The Balaban J connectivity index is 3.87. The van der Waals surface area contributed by atoms with Crippen LogP contribution in [0.5, 0.6) is 0 Å². The van der Waals surface area contributed by atoms with Gasteiger partial charge in [0.2, 0.25) is 5.91 Å². The van der Waals surface area contributed by atoms with Crippen molar-refractivity contribution in [2.75, 3.05) is 13.1 Å². The zero-order valence-electron chi connectivity index (χ0n) is 8.34. The Kier molecular flexibility index (Phi) is 5.72. The molecular formula is C9H20N2O. The lowest BCUT2D eigenvalue weighted by atomic mass is 10.2. The average Bonchev–Trinajstić information content (AvgIpc) is 2.05. The van der Waals surface area contributed by atoms with Crippen molar-refractivity contribution < 1.29 is 4.79 Å². The van der Waals surface area contributed by atoms with Crippen LogP contribution in [0.2, 0.25) is 0 Å². The lowest BCUT2D eigenvalue weighted by Crippen LogP contribution is -2.42. The Morgan fingerprint density at radius 1 is 1.50 bits per heavy atom. The van der Waals surface area contributed by atoms with Gasteiger partial charge in [-0.25, -0.2) is 0 Å². The first-order chi connectivity index (χ1) is 5.63. The minimum absolute atomic E-state index is 0.124. The topological polar surface area (TPSA) is 46.3 Å². The van der Waals surface area contributed by atoms with Gasteiger partial charge in [-0.1, -0.05) is 20.3 Å². The molecule has 0 heterocycles. The molecule has 3 heteroatoms. The molecule has 0 aromatic carbocycles. The number of rotatable bonds is 6. The van der Waals surface area contributed by atoms with Crippen LogP contribution in [0.25, 0.3) is 0 Å². The summed E-state index contributed by atoms with van der Waals surface area (Å²) in [4.78, 5) is 12.9. The van der Waals surface area contributed by atoms with E-state index in [1.54, 1.807) is 0 Å². The highest BCUT2D eigenvalue weighted by Gasteiger charge is 2.15.